The molecule has 0 bridgehead atoms. The molecule has 0 saturated carbocycles. The lowest BCUT2D eigenvalue weighted by Crippen LogP contribution is -2.43. The average Bonchev–Trinajstić information content (AvgIpc) is 4.14. The Bertz CT molecular complexity index is 2910. The van der Waals surface area contributed by atoms with E-state index in [1.807, 2.05) is 192 Å². The number of imide groups is 2. The van der Waals surface area contributed by atoms with E-state index < -0.39 is 23.6 Å². The number of amides is 4. The second-order valence-electron chi connectivity index (χ2n) is 14.4. The first-order valence-electron chi connectivity index (χ1n) is 25.4. The van der Waals surface area contributed by atoms with Gasteiger partial charge < -0.3 is 0 Å². The monoisotopic (exact) mass is 1000 g/mol. The molecule has 0 N–H and O–H groups in total. The molecule has 11 nitrogen and oxygen atoms in total. The zero-order chi connectivity index (χ0) is 56.8. The number of hydrogen-bond acceptors (Lipinski definition) is 9. The summed E-state index contributed by atoms with van der Waals surface area (Å²) >= 11 is 0. The summed E-state index contributed by atoms with van der Waals surface area (Å²) in [4.78, 5) is 63.1. The first-order valence-corrected chi connectivity index (χ1v) is 25.4. The van der Waals surface area contributed by atoms with Crippen LogP contribution in [0.25, 0.3) is 27.8 Å². The van der Waals surface area contributed by atoms with Crippen LogP contribution >= 0.6 is 0 Å². The normalized spacial score (nSPS) is 11.1. The van der Waals surface area contributed by atoms with Crippen molar-refractivity contribution in [2.24, 2.45) is 0 Å². The maximum atomic E-state index is 12.3. The van der Waals surface area contributed by atoms with E-state index in [2.05, 4.69) is 0 Å². The smallest absolute Gasteiger partial charge is 0.263 e. The Hall–Kier alpha value is -9.29. The molecule has 0 saturated heterocycles. The topological polar surface area (TPSA) is 187 Å². The van der Waals surface area contributed by atoms with Crippen LogP contribution in [-0.4, -0.2) is 45.9 Å². The summed E-state index contributed by atoms with van der Waals surface area (Å²) in [5.74, 6) is -1.84. The fourth-order valence-corrected chi connectivity index (χ4v) is 7.53. The van der Waals surface area contributed by atoms with Gasteiger partial charge in [0, 0.05) is 16.7 Å². The highest BCUT2D eigenvalue weighted by atomic mass is 16.2. The van der Waals surface area contributed by atoms with Crippen LogP contribution in [0.15, 0.2) is 162 Å². The van der Waals surface area contributed by atoms with Crippen LogP contribution in [0.3, 0.4) is 0 Å². The Kier molecular flexibility index (Phi) is 28.4. The van der Waals surface area contributed by atoms with Crippen molar-refractivity contribution in [3.05, 3.63) is 207 Å². The van der Waals surface area contributed by atoms with Gasteiger partial charge in [0.2, 0.25) is 0 Å². The lowest BCUT2D eigenvalue weighted by molar-refractivity contribution is 0.0471. The number of nitrogens with zero attached hydrogens (tertiary/aromatic N) is 6. The predicted molar refractivity (Wildman–Crippen MR) is 301 cm³/mol. The largest absolute Gasteiger partial charge is 0.289 e. The Morgan fingerprint density at radius 1 is 0.333 bits per heavy atom. The summed E-state index contributed by atoms with van der Waals surface area (Å²) in [6.07, 6.45) is 0. The summed E-state index contributed by atoms with van der Waals surface area (Å²) in [5.41, 5.74) is 11.0. The number of carbonyl (C=O) groups is 5. The SMILES string of the molecule is CC.CC.CC.CC.CC.CC.CC(C)=C(C#N)C#N.N#CC(C#N)=C1c2ccccc2-c2ccccc21.O=C1c2ccccc2-c2ccccc21.O=C1c2ccccc2C(=O)N1CN1C(=O)c2ccccc2C1=O. The third-order valence-electron chi connectivity index (χ3n) is 10.6. The summed E-state index contributed by atoms with van der Waals surface area (Å²) in [6.45, 7) is 27.1. The molecule has 0 fully saturated rings. The van der Waals surface area contributed by atoms with E-state index in [-0.39, 0.29) is 45.9 Å². The van der Waals surface area contributed by atoms with Gasteiger partial charge in [-0.05, 0) is 77.1 Å². The maximum Gasteiger partial charge on any atom is 0.263 e. The van der Waals surface area contributed by atoms with Crippen molar-refractivity contribution in [1.29, 1.82) is 21.0 Å². The number of hydrogen-bond donors (Lipinski definition) is 0. The van der Waals surface area contributed by atoms with Crippen molar-refractivity contribution >= 4 is 35.0 Å². The van der Waals surface area contributed by atoms with Gasteiger partial charge in [-0.25, -0.2) is 0 Å². The van der Waals surface area contributed by atoms with Gasteiger partial charge in [-0.15, -0.1) is 0 Å². The molecule has 10 rings (SSSR count). The van der Waals surface area contributed by atoms with Gasteiger partial charge in [0.25, 0.3) is 23.6 Å². The molecular weight excluding hydrogens is 933 g/mol. The van der Waals surface area contributed by atoms with Crippen molar-refractivity contribution in [3.63, 3.8) is 0 Å². The number of benzene rings is 6. The minimum absolute atomic E-state index is 0.149. The molecule has 0 unspecified atom stereocenters. The number of nitriles is 4. The highest BCUT2D eigenvalue weighted by Gasteiger charge is 2.42. The van der Waals surface area contributed by atoms with E-state index >= 15 is 0 Å². The molecule has 0 atom stereocenters. The van der Waals surface area contributed by atoms with E-state index in [1.165, 1.54) is 0 Å². The molecule has 4 amide bonds. The van der Waals surface area contributed by atoms with E-state index in [0.29, 0.717) is 0 Å². The van der Waals surface area contributed by atoms with Crippen molar-refractivity contribution in [2.45, 2.75) is 96.9 Å². The number of ketones is 1. The quantitative estimate of drug-likeness (QED) is 0.120. The van der Waals surface area contributed by atoms with Gasteiger partial charge in [0.1, 0.15) is 42.1 Å². The molecule has 2 aliphatic carbocycles. The van der Waals surface area contributed by atoms with E-state index in [1.54, 1.807) is 74.5 Å². The minimum Gasteiger partial charge on any atom is -0.289 e. The van der Waals surface area contributed by atoms with Crippen LogP contribution < -0.4 is 0 Å². The van der Waals surface area contributed by atoms with E-state index in [0.717, 1.165) is 65.5 Å². The first kappa shape index (κ1) is 63.7. The van der Waals surface area contributed by atoms with Crippen LogP contribution in [0, 0.1) is 45.3 Å². The molecule has 11 heteroatoms. The van der Waals surface area contributed by atoms with Gasteiger partial charge in [-0.3, -0.25) is 33.8 Å². The lowest BCUT2D eigenvalue weighted by atomic mass is 9.99. The van der Waals surface area contributed by atoms with Gasteiger partial charge in [-0.1, -0.05) is 204 Å². The Labute approximate surface area is 444 Å². The van der Waals surface area contributed by atoms with E-state index in [4.69, 9.17) is 21.0 Å². The van der Waals surface area contributed by atoms with Crippen molar-refractivity contribution in [3.8, 4) is 46.5 Å². The molecule has 6 aromatic rings. The molecule has 6 aromatic carbocycles. The maximum absolute atomic E-state index is 12.3. The lowest BCUT2D eigenvalue weighted by Gasteiger charge is -2.20. The van der Waals surface area contributed by atoms with Crippen LogP contribution in [0.5, 0.6) is 0 Å². The number of allylic oxidation sites excluding steroid dienone is 3. The van der Waals surface area contributed by atoms with Gasteiger partial charge in [0.15, 0.2) is 5.78 Å². The molecule has 2 aliphatic heterocycles. The van der Waals surface area contributed by atoms with Crippen molar-refractivity contribution in [2.75, 3.05) is 6.67 Å². The molecule has 2 heterocycles. The van der Waals surface area contributed by atoms with E-state index in [9.17, 15) is 24.0 Å². The van der Waals surface area contributed by atoms with Crippen molar-refractivity contribution < 1.29 is 24.0 Å². The third-order valence-corrected chi connectivity index (χ3v) is 10.6. The second kappa shape index (κ2) is 33.4. The summed E-state index contributed by atoms with van der Waals surface area (Å²) in [6, 6.07) is 51.7. The zero-order valence-corrected chi connectivity index (χ0v) is 45.8. The Morgan fingerprint density at radius 3 is 0.760 bits per heavy atom. The van der Waals surface area contributed by atoms with Gasteiger partial charge >= 0.3 is 0 Å². The summed E-state index contributed by atoms with van der Waals surface area (Å²) in [7, 11) is 0. The molecule has 384 valence electrons. The number of carbonyl (C=O) groups excluding carboxylic acids is 5. The number of fused-ring (bicyclic) bond motifs is 8. The molecular formula is C64H68N6O5. The Morgan fingerprint density at radius 2 is 0.547 bits per heavy atom. The molecule has 0 spiro atoms. The van der Waals surface area contributed by atoms with Gasteiger partial charge in [0.05, 0.1) is 22.3 Å². The van der Waals surface area contributed by atoms with Gasteiger partial charge in [-0.2, -0.15) is 21.0 Å². The minimum atomic E-state index is -0.498. The first-order chi connectivity index (χ1) is 36.6. The van der Waals surface area contributed by atoms with Crippen molar-refractivity contribution in [1.82, 2.24) is 9.80 Å². The molecule has 4 aliphatic rings. The number of rotatable bonds is 2. The molecule has 0 radical (unpaired) electrons. The molecule has 0 aromatic heterocycles. The van der Waals surface area contributed by atoms with Crippen LogP contribution in [0.1, 0.15) is 165 Å². The van der Waals surface area contributed by atoms with Crippen LogP contribution in [0.4, 0.5) is 0 Å². The highest BCUT2D eigenvalue weighted by Crippen LogP contribution is 2.45. The second-order valence-corrected chi connectivity index (χ2v) is 14.4. The zero-order valence-electron chi connectivity index (χ0n) is 45.8. The summed E-state index contributed by atoms with van der Waals surface area (Å²) in [5, 5.41) is 34.5. The standard InChI is InChI=1S/C17H10N2O4.C16H8N2.C13H8O.C6H6N2.6C2H6/c20-14-10-5-1-2-6-11(10)15(21)18(14)9-19-16(22)12-7-3-4-8-13(12)17(19)23;17-9-11(10-18)16-14-7-3-1-5-12(14)13-6-2-4-8-15(13)16;14-13-11-7-3-1-5-9(11)10-6-2-4-8-12(10)13;1-5(2)6(3-7)4-8;6*1-2/h1-8H,9H2;1-8H;1-8H;1-2H3;6*1-2H3. The molecule has 75 heavy (non-hydrogen) atoms. The predicted octanol–water partition coefficient (Wildman–Crippen LogP) is 15.5. The average molecular weight is 1000 g/mol. The van der Waals surface area contributed by atoms with Crippen LogP contribution in [0.2, 0.25) is 0 Å². The van der Waals surface area contributed by atoms with Crippen LogP contribution in [-0.2, 0) is 0 Å². The summed E-state index contributed by atoms with van der Waals surface area (Å²) < 4.78 is 0. The third kappa shape index (κ3) is 14.4. The fourth-order valence-electron chi connectivity index (χ4n) is 7.53. The fraction of sp³-hybridized carbons (Fsp3) is 0.234. The Balaban J connectivity index is 0.000000487. The highest BCUT2D eigenvalue weighted by molar-refractivity contribution is 6.24.